The van der Waals surface area contributed by atoms with Crippen LogP contribution < -0.4 is 5.32 Å². The van der Waals surface area contributed by atoms with Crippen molar-refractivity contribution in [2.45, 2.75) is 31.7 Å². The molecule has 1 aromatic carbocycles. The van der Waals surface area contributed by atoms with Gasteiger partial charge in [0.1, 0.15) is 17.7 Å². The van der Waals surface area contributed by atoms with Gasteiger partial charge >= 0.3 is 0 Å². The van der Waals surface area contributed by atoms with Crippen LogP contribution in [0.4, 0.5) is 4.39 Å². The number of carbonyl (C=O) groups is 1. The highest BCUT2D eigenvalue weighted by molar-refractivity contribution is 7.14. The number of imidazole rings is 1. The average Bonchev–Trinajstić information content (AvgIpc) is 3.26. The molecule has 1 N–H and O–H groups in total. The van der Waals surface area contributed by atoms with Crippen molar-refractivity contribution in [2.24, 2.45) is 7.05 Å². The molecule has 1 atom stereocenters. The van der Waals surface area contributed by atoms with Crippen LogP contribution >= 0.6 is 11.3 Å². The summed E-state index contributed by atoms with van der Waals surface area (Å²) in [5.74, 6) is 0.303. The fraction of sp³-hybridized carbons (Fsp3) is 0.300. The molecule has 0 spiro atoms. The van der Waals surface area contributed by atoms with Gasteiger partial charge in [-0.15, -0.1) is 11.3 Å². The quantitative estimate of drug-likeness (QED) is 0.755. The standard InChI is InChI=1S/C20H20FN3OS/c1-24-11-10-22-19(24)18(13-6-8-15(21)9-7-13)23-20(25)17-12-14-4-2-3-5-16(14)26-17/h6-12,18H,2-5H2,1H3,(H,23,25). The van der Waals surface area contributed by atoms with Crippen molar-refractivity contribution in [3.05, 3.63) is 75.2 Å². The predicted octanol–water partition coefficient (Wildman–Crippen LogP) is 4.02. The maximum Gasteiger partial charge on any atom is 0.262 e. The fourth-order valence-corrected chi connectivity index (χ4v) is 4.57. The van der Waals surface area contributed by atoms with Crippen molar-refractivity contribution in [3.63, 3.8) is 0 Å². The summed E-state index contributed by atoms with van der Waals surface area (Å²) in [6, 6.07) is 7.78. The third kappa shape index (κ3) is 3.29. The smallest absolute Gasteiger partial charge is 0.262 e. The van der Waals surface area contributed by atoms with Gasteiger partial charge < -0.3 is 9.88 Å². The molecule has 1 amide bonds. The van der Waals surface area contributed by atoms with Gasteiger partial charge in [-0.05, 0) is 55.0 Å². The Morgan fingerprint density at radius 3 is 2.73 bits per heavy atom. The van der Waals surface area contributed by atoms with Crippen LogP contribution in [0, 0.1) is 5.82 Å². The Balaban J connectivity index is 1.64. The molecule has 3 aromatic rings. The highest BCUT2D eigenvalue weighted by Gasteiger charge is 2.24. The zero-order chi connectivity index (χ0) is 18.1. The van der Waals surface area contributed by atoms with Crippen LogP contribution in [0.5, 0.6) is 0 Å². The number of benzene rings is 1. The molecule has 0 saturated heterocycles. The molecule has 2 heterocycles. The molecule has 0 saturated carbocycles. The van der Waals surface area contributed by atoms with Crippen molar-refractivity contribution in [1.82, 2.24) is 14.9 Å². The highest BCUT2D eigenvalue weighted by Crippen LogP contribution is 2.30. The van der Waals surface area contributed by atoms with Gasteiger partial charge in [-0.25, -0.2) is 9.37 Å². The minimum absolute atomic E-state index is 0.110. The first-order valence-electron chi connectivity index (χ1n) is 8.77. The predicted molar refractivity (Wildman–Crippen MR) is 99.9 cm³/mol. The first kappa shape index (κ1) is 17.0. The Morgan fingerprint density at radius 1 is 1.27 bits per heavy atom. The summed E-state index contributed by atoms with van der Waals surface area (Å²) in [4.78, 5) is 19.4. The number of hydrogen-bond acceptors (Lipinski definition) is 3. The number of amides is 1. The van der Waals surface area contributed by atoms with Gasteiger partial charge in [-0.2, -0.15) is 0 Å². The van der Waals surface area contributed by atoms with E-state index in [2.05, 4.69) is 10.3 Å². The minimum Gasteiger partial charge on any atom is -0.337 e. The number of halogens is 1. The van der Waals surface area contributed by atoms with Gasteiger partial charge in [0.15, 0.2) is 0 Å². The summed E-state index contributed by atoms with van der Waals surface area (Å²) in [5, 5.41) is 3.09. The van der Waals surface area contributed by atoms with Crippen LogP contribution in [0.25, 0.3) is 0 Å². The molecule has 26 heavy (non-hydrogen) atoms. The number of aryl methyl sites for hydroxylation is 3. The van der Waals surface area contributed by atoms with E-state index in [1.165, 1.54) is 35.4 Å². The molecular formula is C20H20FN3OS. The van der Waals surface area contributed by atoms with Crippen molar-refractivity contribution in [1.29, 1.82) is 0 Å². The maximum absolute atomic E-state index is 13.3. The van der Waals surface area contributed by atoms with Gasteiger partial charge in [0.25, 0.3) is 5.91 Å². The van der Waals surface area contributed by atoms with Crippen LogP contribution in [-0.2, 0) is 19.9 Å². The Bertz CT molecular complexity index is 905. The summed E-state index contributed by atoms with van der Waals surface area (Å²) in [5.41, 5.74) is 2.11. The van der Waals surface area contributed by atoms with E-state index in [0.717, 1.165) is 23.3 Å². The second kappa shape index (κ2) is 7.03. The second-order valence-electron chi connectivity index (χ2n) is 6.62. The highest BCUT2D eigenvalue weighted by atomic mass is 32.1. The topological polar surface area (TPSA) is 46.9 Å². The Hall–Kier alpha value is -2.47. The van der Waals surface area contributed by atoms with Crippen LogP contribution in [0.2, 0.25) is 0 Å². The lowest BCUT2D eigenvalue weighted by Crippen LogP contribution is -2.30. The third-order valence-electron chi connectivity index (χ3n) is 4.82. The Morgan fingerprint density at radius 2 is 2.04 bits per heavy atom. The van der Waals surface area contributed by atoms with E-state index in [4.69, 9.17) is 0 Å². The fourth-order valence-electron chi connectivity index (χ4n) is 3.41. The normalized spacial score (nSPS) is 14.7. The summed E-state index contributed by atoms with van der Waals surface area (Å²) in [6.45, 7) is 0. The van der Waals surface area contributed by atoms with E-state index in [0.29, 0.717) is 5.82 Å². The molecule has 0 bridgehead atoms. The molecule has 6 heteroatoms. The monoisotopic (exact) mass is 369 g/mol. The van der Waals surface area contributed by atoms with Gasteiger partial charge in [-0.1, -0.05) is 12.1 Å². The molecule has 1 aliphatic rings. The molecule has 0 radical (unpaired) electrons. The lowest BCUT2D eigenvalue weighted by atomic mass is 9.99. The lowest BCUT2D eigenvalue weighted by Gasteiger charge is -2.19. The Kier molecular flexibility index (Phi) is 4.59. The molecule has 1 unspecified atom stereocenters. The molecule has 4 rings (SSSR count). The van der Waals surface area contributed by atoms with Gasteiger partial charge in [-0.3, -0.25) is 4.79 Å². The first-order chi connectivity index (χ1) is 12.6. The van der Waals surface area contributed by atoms with Crippen molar-refractivity contribution in [2.75, 3.05) is 0 Å². The summed E-state index contributed by atoms with van der Waals surface area (Å²) < 4.78 is 15.2. The second-order valence-corrected chi connectivity index (χ2v) is 7.76. The van der Waals surface area contributed by atoms with E-state index in [-0.39, 0.29) is 11.7 Å². The van der Waals surface area contributed by atoms with E-state index in [9.17, 15) is 9.18 Å². The number of fused-ring (bicyclic) bond motifs is 1. The summed E-state index contributed by atoms with van der Waals surface area (Å²) in [7, 11) is 1.88. The van der Waals surface area contributed by atoms with E-state index < -0.39 is 6.04 Å². The number of rotatable bonds is 4. The summed E-state index contributed by atoms with van der Waals surface area (Å²) >= 11 is 1.59. The average molecular weight is 369 g/mol. The van der Waals surface area contributed by atoms with Crippen LogP contribution in [0.3, 0.4) is 0 Å². The van der Waals surface area contributed by atoms with Gasteiger partial charge in [0.05, 0.1) is 4.88 Å². The molecule has 0 aliphatic heterocycles. The van der Waals surface area contributed by atoms with E-state index in [1.807, 2.05) is 23.9 Å². The minimum atomic E-state index is -0.428. The SMILES string of the molecule is Cn1ccnc1C(NC(=O)c1cc2c(s1)CCCC2)c1ccc(F)cc1. The molecule has 1 aliphatic carbocycles. The molecular weight excluding hydrogens is 349 g/mol. The third-order valence-corrected chi connectivity index (χ3v) is 6.05. The molecule has 2 aromatic heterocycles. The van der Waals surface area contributed by atoms with Crippen LogP contribution in [0.1, 0.15) is 50.4 Å². The molecule has 4 nitrogen and oxygen atoms in total. The molecule has 0 fully saturated rings. The lowest BCUT2D eigenvalue weighted by molar-refractivity contribution is 0.0945. The number of carbonyl (C=O) groups excluding carboxylic acids is 1. The largest absolute Gasteiger partial charge is 0.337 e. The number of hydrogen-bond donors (Lipinski definition) is 1. The summed E-state index contributed by atoms with van der Waals surface area (Å²) in [6.07, 6.45) is 8.04. The number of nitrogens with one attached hydrogen (secondary N) is 1. The maximum atomic E-state index is 13.3. The number of nitrogens with zero attached hydrogens (tertiary/aromatic N) is 2. The van der Waals surface area contributed by atoms with E-state index >= 15 is 0 Å². The van der Waals surface area contributed by atoms with Crippen molar-refractivity contribution >= 4 is 17.2 Å². The zero-order valence-corrected chi connectivity index (χ0v) is 15.4. The zero-order valence-electron chi connectivity index (χ0n) is 14.5. The van der Waals surface area contributed by atoms with Crippen molar-refractivity contribution < 1.29 is 9.18 Å². The van der Waals surface area contributed by atoms with Crippen molar-refractivity contribution in [3.8, 4) is 0 Å². The van der Waals surface area contributed by atoms with Crippen LogP contribution in [0.15, 0.2) is 42.7 Å². The number of thiophene rings is 1. The van der Waals surface area contributed by atoms with Crippen LogP contribution in [-0.4, -0.2) is 15.5 Å². The number of aromatic nitrogens is 2. The van der Waals surface area contributed by atoms with Gasteiger partial charge in [0.2, 0.25) is 0 Å². The first-order valence-corrected chi connectivity index (χ1v) is 9.58. The molecule has 134 valence electrons. The van der Waals surface area contributed by atoms with E-state index in [1.54, 1.807) is 29.7 Å². The van der Waals surface area contributed by atoms with Gasteiger partial charge in [0, 0.05) is 24.3 Å². The Labute approximate surface area is 155 Å².